The van der Waals surface area contributed by atoms with Gasteiger partial charge in [-0.05, 0) is 39.0 Å². The van der Waals surface area contributed by atoms with Crippen molar-refractivity contribution in [2.24, 2.45) is 0 Å². The summed E-state index contributed by atoms with van der Waals surface area (Å²) in [4.78, 5) is 53.5. The van der Waals surface area contributed by atoms with Crippen LogP contribution in [0.2, 0.25) is 0 Å². The lowest BCUT2D eigenvalue weighted by molar-refractivity contribution is -0.134. The Kier molecular flexibility index (Phi) is 5.15. The van der Waals surface area contributed by atoms with E-state index >= 15 is 0 Å². The highest BCUT2D eigenvalue weighted by atomic mass is 16.5. The van der Waals surface area contributed by atoms with Crippen LogP contribution in [0.4, 0.5) is 10.5 Å². The molecule has 2 aromatic rings. The molecule has 0 aliphatic carbocycles. The van der Waals surface area contributed by atoms with E-state index in [0.717, 1.165) is 4.90 Å². The molecule has 0 bridgehead atoms. The molecule has 0 saturated carbocycles. The number of urea groups is 1. The molecule has 1 fully saturated rings. The van der Waals surface area contributed by atoms with Gasteiger partial charge >= 0.3 is 6.03 Å². The predicted octanol–water partition coefficient (Wildman–Crippen LogP) is 1.20. The molecule has 32 heavy (non-hydrogen) atoms. The highest BCUT2D eigenvalue weighted by molar-refractivity contribution is 6.11. The number of nitrogens with one attached hydrogen (secondary N) is 2. The maximum Gasteiger partial charge on any atom is 0.325 e. The lowest BCUT2D eigenvalue weighted by Gasteiger charge is -2.34. The first-order valence-corrected chi connectivity index (χ1v) is 10.1. The van der Waals surface area contributed by atoms with E-state index in [1.165, 1.54) is 11.9 Å². The highest BCUT2D eigenvalue weighted by Crippen LogP contribution is 2.35. The van der Waals surface area contributed by atoms with E-state index in [9.17, 15) is 19.2 Å². The fourth-order valence-corrected chi connectivity index (χ4v) is 4.14. The summed E-state index contributed by atoms with van der Waals surface area (Å²) < 4.78 is 11.2. The zero-order chi connectivity index (χ0) is 23.2. The molecular weight excluding hydrogens is 416 g/mol. The maximum atomic E-state index is 13.2. The molecule has 0 spiro atoms. The third kappa shape index (κ3) is 3.37. The van der Waals surface area contributed by atoms with Gasteiger partial charge < -0.3 is 24.7 Å². The van der Waals surface area contributed by atoms with E-state index < -0.39 is 36.0 Å². The Hall–Kier alpha value is -3.82. The van der Waals surface area contributed by atoms with Crippen LogP contribution in [0.15, 0.2) is 34.7 Å². The van der Waals surface area contributed by atoms with Crippen LogP contribution in [0.25, 0.3) is 0 Å². The number of likely N-dealkylation sites (N-methyl/N-ethyl adjacent to an activating group) is 1. The Labute approximate surface area is 184 Å². The molecule has 2 N–H and O–H groups in total. The van der Waals surface area contributed by atoms with Crippen LogP contribution in [0, 0.1) is 13.8 Å². The zero-order valence-electron chi connectivity index (χ0n) is 18.2. The fourth-order valence-electron chi connectivity index (χ4n) is 4.14. The fraction of sp³-hybridized carbons (Fsp3) is 0.364. The van der Waals surface area contributed by atoms with Crippen molar-refractivity contribution in [2.75, 3.05) is 25.0 Å². The number of carbonyl (C=O) groups is 4. The lowest BCUT2D eigenvalue weighted by atomic mass is 9.92. The number of rotatable bonds is 4. The predicted molar refractivity (Wildman–Crippen MR) is 113 cm³/mol. The Morgan fingerprint density at radius 1 is 1.25 bits per heavy atom. The second kappa shape index (κ2) is 7.70. The standard InChI is InChI=1S/C22H24N4O6/c1-12-9-14(13(2)31-12)22(3)20(29)26(21(30)24-22)11-18(27)25-10-17(19(28)23-4)32-16-8-6-5-7-15(16)25/h5-9,17H,10-11H2,1-4H3,(H,23,28)(H,24,30). The van der Waals surface area contributed by atoms with Crippen molar-refractivity contribution in [1.82, 2.24) is 15.5 Å². The van der Waals surface area contributed by atoms with Crippen molar-refractivity contribution in [3.63, 3.8) is 0 Å². The van der Waals surface area contributed by atoms with Gasteiger partial charge in [-0.15, -0.1) is 0 Å². The van der Waals surface area contributed by atoms with Gasteiger partial charge in [-0.1, -0.05) is 12.1 Å². The van der Waals surface area contributed by atoms with Gasteiger partial charge in [-0.25, -0.2) is 4.79 Å². The number of aryl methyl sites for hydroxylation is 2. The Bertz CT molecular complexity index is 1130. The summed E-state index contributed by atoms with van der Waals surface area (Å²) >= 11 is 0. The first-order chi connectivity index (χ1) is 15.2. The minimum absolute atomic E-state index is 0.0452. The van der Waals surface area contributed by atoms with Crippen molar-refractivity contribution < 1.29 is 28.3 Å². The zero-order valence-corrected chi connectivity index (χ0v) is 18.2. The lowest BCUT2D eigenvalue weighted by Crippen LogP contribution is -2.52. The number of nitrogens with zero attached hydrogens (tertiary/aromatic N) is 2. The quantitative estimate of drug-likeness (QED) is 0.690. The first-order valence-electron chi connectivity index (χ1n) is 10.1. The number of para-hydroxylation sites is 2. The molecule has 4 rings (SSSR count). The van der Waals surface area contributed by atoms with Gasteiger partial charge in [0.25, 0.3) is 11.8 Å². The van der Waals surface area contributed by atoms with Crippen LogP contribution in [-0.4, -0.2) is 54.9 Å². The van der Waals surface area contributed by atoms with E-state index in [0.29, 0.717) is 28.5 Å². The molecule has 2 unspecified atom stereocenters. The summed E-state index contributed by atoms with van der Waals surface area (Å²) in [6, 6.07) is 7.82. The minimum Gasteiger partial charge on any atom is -0.477 e. The number of ether oxygens (including phenoxy) is 1. The number of hydrogen-bond donors (Lipinski definition) is 2. The summed E-state index contributed by atoms with van der Waals surface area (Å²) in [5.74, 6) is 0.0485. The van der Waals surface area contributed by atoms with Gasteiger partial charge in [-0.2, -0.15) is 0 Å². The van der Waals surface area contributed by atoms with Crippen molar-refractivity contribution in [3.05, 3.63) is 47.4 Å². The molecule has 1 aromatic carbocycles. The minimum atomic E-state index is -1.34. The number of benzene rings is 1. The number of amides is 5. The van der Waals surface area contributed by atoms with E-state index in [2.05, 4.69) is 10.6 Å². The van der Waals surface area contributed by atoms with Crippen LogP contribution < -0.4 is 20.3 Å². The third-order valence-corrected chi connectivity index (χ3v) is 5.76. The van der Waals surface area contributed by atoms with Gasteiger partial charge in [0.2, 0.25) is 5.91 Å². The van der Waals surface area contributed by atoms with Crippen LogP contribution >= 0.6 is 0 Å². The van der Waals surface area contributed by atoms with Crippen LogP contribution in [-0.2, 0) is 19.9 Å². The normalized spacial score (nSPS) is 22.3. The Morgan fingerprint density at radius 3 is 2.62 bits per heavy atom. The smallest absolute Gasteiger partial charge is 0.325 e. The van der Waals surface area contributed by atoms with Crippen molar-refractivity contribution >= 4 is 29.4 Å². The Balaban J connectivity index is 1.59. The summed E-state index contributed by atoms with van der Waals surface area (Å²) in [6.07, 6.45) is -0.913. The molecule has 2 aliphatic heterocycles. The van der Waals surface area contributed by atoms with E-state index in [1.807, 2.05) is 0 Å². The number of imide groups is 1. The molecule has 0 radical (unpaired) electrons. The molecule has 1 saturated heterocycles. The second-order valence-electron chi connectivity index (χ2n) is 7.97. The summed E-state index contributed by atoms with van der Waals surface area (Å²) in [5.41, 5.74) is -0.333. The van der Waals surface area contributed by atoms with Gasteiger partial charge in [-0.3, -0.25) is 19.3 Å². The largest absolute Gasteiger partial charge is 0.477 e. The summed E-state index contributed by atoms with van der Waals surface area (Å²) in [7, 11) is 1.48. The summed E-state index contributed by atoms with van der Waals surface area (Å²) in [6.45, 7) is 4.52. The van der Waals surface area contributed by atoms with E-state index in [4.69, 9.17) is 9.15 Å². The molecule has 2 aliphatic rings. The average molecular weight is 440 g/mol. The Morgan fingerprint density at radius 2 is 1.97 bits per heavy atom. The first kappa shape index (κ1) is 21.4. The van der Waals surface area contributed by atoms with Gasteiger partial charge in [0.1, 0.15) is 29.4 Å². The van der Waals surface area contributed by atoms with Gasteiger partial charge in [0.15, 0.2) is 6.10 Å². The number of anilines is 1. The van der Waals surface area contributed by atoms with Crippen LogP contribution in [0.3, 0.4) is 0 Å². The molecule has 10 heteroatoms. The van der Waals surface area contributed by atoms with Crippen molar-refractivity contribution in [1.29, 1.82) is 0 Å². The number of hydrogen-bond acceptors (Lipinski definition) is 6. The number of carbonyl (C=O) groups excluding carboxylic acids is 4. The second-order valence-corrected chi connectivity index (χ2v) is 7.97. The molecule has 10 nitrogen and oxygen atoms in total. The van der Waals surface area contributed by atoms with Crippen molar-refractivity contribution in [2.45, 2.75) is 32.4 Å². The highest BCUT2D eigenvalue weighted by Gasteiger charge is 2.51. The number of fused-ring (bicyclic) bond motifs is 1. The molecule has 5 amide bonds. The van der Waals surface area contributed by atoms with Crippen LogP contribution in [0.5, 0.6) is 5.75 Å². The monoisotopic (exact) mass is 440 g/mol. The SMILES string of the molecule is CNC(=O)C1CN(C(=O)CN2C(=O)NC(C)(c3cc(C)oc3C)C2=O)c2ccccc2O1. The summed E-state index contributed by atoms with van der Waals surface area (Å²) in [5, 5.41) is 5.19. The third-order valence-electron chi connectivity index (χ3n) is 5.76. The number of furan rings is 1. The van der Waals surface area contributed by atoms with Gasteiger partial charge in [0, 0.05) is 12.6 Å². The van der Waals surface area contributed by atoms with Crippen LogP contribution in [0.1, 0.15) is 24.0 Å². The van der Waals surface area contributed by atoms with E-state index in [-0.39, 0.29) is 12.5 Å². The van der Waals surface area contributed by atoms with Crippen molar-refractivity contribution in [3.8, 4) is 5.75 Å². The average Bonchev–Trinajstić information content (AvgIpc) is 3.23. The molecule has 168 valence electrons. The molecule has 3 heterocycles. The van der Waals surface area contributed by atoms with E-state index in [1.54, 1.807) is 51.1 Å². The topological polar surface area (TPSA) is 121 Å². The molecule has 1 aromatic heterocycles. The molecule has 2 atom stereocenters. The molecular formula is C22H24N4O6. The maximum absolute atomic E-state index is 13.2. The van der Waals surface area contributed by atoms with Gasteiger partial charge in [0.05, 0.1) is 12.2 Å².